The average Bonchev–Trinajstić information content (AvgIpc) is 2.28. The Morgan fingerprint density at radius 3 is 2.71 bits per heavy atom. The van der Waals surface area contributed by atoms with Gasteiger partial charge in [0.2, 0.25) is 0 Å². The van der Waals surface area contributed by atoms with Gasteiger partial charge in [-0.2, -0.15) is 0 Å². The highest BCUT2D eigenvalue weighted by Gasteiger charge is 2.06. The molecule has 0 amide bonds. The Morgan fingerprint density at radius 2 is 2.12 bits per heavy atom. The van der Waals surface area contributed by atoms with E-state index in [1.165, 1.54) is 0 Å². The summed E-state index contributed by atoms with van der Waals surface area (Å²) in [7, 11) is 0. The van der Waals surface area contributed by atoms with Crippen LogP contribution in [-0.2, 0) is 6.42 Å². The molecule has 0 spiro atoms. The third-order valence-corrected chi connectivity index (χ3v) is 2.35. The minimum atomic E-state index is 0.427. The van der Waals surface area contributed by atoms with Gasteiger partial charge in [0.05, 0.1) is 6.61 Å². The van der Waals surface area contributed by atoms with E-state index in [0.29, 0.717) is 19.8 Å². The van der Waals surface area contributed by atoms with Crippen molar-refractivity contribution in [2.24, 2.45) is 5.73 Å². The van der Waals surface area contributed by atoms with E-state index in [4.69, 9.17) is 15.2 Å². The van der Waals surface area contributed by atoms with Crippen LogP contribution in [0.2, 0.25) is 0 Å². The van der Waals surface area contributed by atoms with Crippen LogP contribution in [0.1, 0.15) is 12.5 Å². The minimum absolute atomic E-state index is 0.427. The normalized spacial score (nSPS) is 10.1. The molecular formula is C13H18BrNO2. The number of hydrogen-bond acceptors (Lipinski definition) is 3. The first kappa shape index (κ1) is 14.1. The molecule has 0 radical (unpaired) electrons. The monoisotopic (exact) mass is 299 g/mol. The predicted octanol–water partition coefficient (Wildman–Crippen LogP) is 2.87. The molecule has 2 N–H and O–H groups in total. The molecule has 0 unspecified atom stereocenters. The molecule has 0 bridgehead atoms. The Balaban J connectivity index is 2.83. The first-order chi connectivity index (χ1) is 8.17. The van der Waals surface area contributed by atoms with Crippen LogP contribution in [0.25, 0.3) is 0 Å². The SMILES string of the molecule is C=C(Br)COc1ccc(CCN)cc1OCC. The smallest absolute Gasteiger partial charge is 0.161 e. The highest BCUT2D eigenvalue weighted by molar-refractivity contribution is 9.11. The highest BCUT2D eigenvalue weighted by Crippen LogP contribution is 2.29. The molecule has 1 aromatic rings. The van der Waals surface area contributed by atoms with E-state index in [2.05, 4.69) is 22.5 Å². The van der Waals surface area contributed by atoms with Crippen LogP contribution >= 0.6 is 15.9 Å². The molecule has 4 heteroatoms. The molecule has 0 saturated carbocycles. The van der Waals surface area contributed by atoms with Crippen molar-refractivity contribution in [1.29, 1.82) is 0 Å². The maximum Gasteiger partial charge on any atom is 0.161 e. The molecule has 0 aromatic heterocycles. The van der Waals surface area contributed by atoms with Gasteiger partial charge in [-0.1, -0.05) is 28.6 Å². The lowest BCUT2D eigenvalue weighted by Crippen LogP contribution is -2.04. The van der Waals surface area contributed by atoms with Crippen molar-refractivity contribution < 1.29 is 9.47 Å². The number of benzene rings is 1. The summed E-state index contributed by atoms with van der Waals surface area (Å²) < 4.78 is 11.9. The van der Waals surface area contributed by atoms with Crippen molar-refractivity contribution in [1.82, 2.24) is 0 Å². The molecule has 0 aliphatic rings. The van der Waals surface area contributed by atoms with Crippen LogP contribution in [0, 0.1) is 0 Å². The lowest BCUT2D eigenvalue weighted by molar-refractivity contribution is 0.296. The zero-order valence-electron chi connectivity index (χ0n) is 10.0. The summed E-state index contributed by atoms with van der Waals surface area (Å²) in [5.74, 6) is 1.49. The number of ether oxygens (including phenoxy) is 2. The van der Waals surface area contributed by atoms with Crippen molar-refractivity contribution in [3.05, 3.63) is 34.8 Å². The van der Waals surface area contributed by atoms with Gasteiger partial charge in [-0.05, 0) is 37.6 Å². The molecule has 0 atom stereocenters. The van der Waals surface area contributed by atoms with E-state index in [1.807, 2.05) is 25.1 Å². The third-order valence-electron chi connectivity index (χ3n) is 2.13. The van der Waals surface area contributed by atoms with E-state index < -0.39 is 0 Å². The Labute approximate surface area is 111 Å². The van der Waals surface area contributed by atoms with Gasteiger partial charge in [0, 0.05) is 4.48 Å². The zero-order chi connectivity index (χ0) is 12.7. The van der Waals surface area contributed by atoms with Gasteiger partial charge in [0.15, 0.2) is 11.5 Å². The lowest BCUT2D eigenvalue weighted by atomic mass is 10.1. The molecule has 94 valence electrons. The molecule has 0 aliphatic carbocycles. The second-order valence-corrected chi connectivity index (χ2v) is 4.68. The summed E-state index contributed by atoms with van der Waals surface area (Å²) in [5, 5.41) is 0. The van der Waals surface area contributed by atoms with E-state index in [9.17, 15) is 0 Å². The van der Waals surface area contributed by atoms with Gasteiger partial charge >= 0.3 is 0 Å². The Hall–Kier alpha value is -1.00. The quantitative estimate of drug-likeness (QED) is 0.842. The molecule has 1 aromatic carbocycles. The number of nitrogens with two attached hydrogens (primary N) is 1. The summed E-state index contributed by atoms with van der Waals surface area (Å²) in [4.78, 5) is 0. The van der Waals surface area contributed by atoms with Gasteiger partial charge < -0.3 is 15.2 Å². The zero-order valence-corrected chi connectivity index (χ0v) is 11.6. The largest absolute Gasteiger partial charge is 0.490 e. The predicted molar refractivity (Wildman–Crippen MR) is 73.9 cm³/mol. The summed E-state index contributed by atoms with van der Waals surface area (Å²) in [5.41, 5.74) is 6.68. The van der Waals surface area contributed by atoms with Crippen molar-refractivity contribution in [2.45, 2.75) is 13.3 Å². The first-order valence-corrected chi connectivity index (χ1v) is 6.38. The molecule has 17 heavy (non-hydrogen) atoms. The molecule has 0 fully saturated rings. The topological polar surface area (TPSA) is 44.5 Å². The lowest BCUT2D eigenvalue weighted by Gasteiger charge is -2.12. The van der Waals surface area contributed by atoms with Gasteiger partial charge in [-0.15, -0.1) is 0 Å². The first-order valence-electron chi connectivity index (χ1n) is 5.59. The van der Waals surface area contributed by atoms with Crippen LogP contribution < -0.4 is 15.2 Å². The summed E-state index contributed by atoms with van der Waals surface area (Å²) in [6, 6.07) is 5.89. The molecular weight excluding hydrogens is 282 g/mol. The van der Waals surface area contributed by atoms with E-state index in [-0.39, 0.29) is 0 Å². The van der Waals surface area contributed by atoms with E-state index in [1.54, 1.807) is 0 Å². The molecule has 0 heterocycles. The number of hydrogen-bond donors (Lipinski definition) is 1. The standard InChI is InChI=1S/C13H18BrNO2/c1-3-16-13-8-11(6-7-15)4-5-12(13)17-9-10(2)14/h4-5,8H,2-3,6-7,9,15H2,1H3. The van der Waals surface area contributed by atoms with Gasteiger partial charge in [0.1, 0.15) is 6.61 Å². The summed E-state index contributed by atoms with van der Waals surface area (Å²) in [6.07, 6.45) is 0.839. The van der Waals surface area contributed by atoms with Gasteiger partial charge in [-0.3, -0.25) is 0 Å². The van der Waals surface area contributed by atoms with Crippen molar-refractivity contribution in [3.63, 3.8) is 0 Å². The van der Waals surface area contributed by atoms with E-state index >= 15 is 0 Å². The number of rotatable bonds is 7. The fourth-order valence-corrected chi connectivity index (χ4v) is 1.53. The molecule has 0 aliphatic heterocycles. The Bertz CT molecular complexity index is 380. The number of halogens is 1. The van der Waals surface area contributed by atoms with Crippen molar-refractivity contribution in [3.8, 4) is 11.5 Å². The van der Waals surface area contributed by atoms with Crippen LogP contribution in [0.4, 0.5) is 0 Å². The second kappa shape index (κ2) is 7.35. The van der Waals surface area contributed by atoms with Gasteiger partial charge in [0.25, 0.3) is 0 Å². The maximum atomic E-state index is 5.58. The molecule has 0 saturated heterocycles. The fourth-order valence-electron chi connectivity index (χ4n) is 1.42. The maximum absolute atomic E-state index is 5.58. The van der Waals surface area contributed by atoms with Crippen LogP contribution in [-0.4, -0.2) is 19.8 Å². The third kappa shape index (κ3) is 4.79. The molecule has 1 rings (SSSR count). The minimum Gasteiger partial charge on any atom is -0.490 e. The van der Waals surface area contributed by atoms with Crippen LogP contribution in [0.5, 0.6) is 11.5 Å². The van der Waals surface area contributed by atoms with Crippen LogP contribution in [0.15, 0.2) is 29.3 Å². The second-order valence-electron chi connectivity index (χ2n) is 3.56. The Morgan fingerprint density at radius 1 is 1.35 bits per heavy atom. The van der Waals surface area contributed by atoms with Crippen molar-refractivity contribution >= 4 is 15.9 Å². The Kier molecular flexibility index (Phi) is 6.08. The molecule has 3 nitrogen and oxygen atoms in total. The summed E-state index contributed by atoms with van der Waals surface area (Å²) in [6.45, 7) is 7.34. The van der Waals surface area contributed by atoms with Gasteiger partial charge in [-0.25, -0.2) is 0 Å². The van der Waals surface area contributed by atoms with E-state index in [0.717, 1.165) is 28.0 Å². The summed E-state index contributed by atoms with van der Waals surface area (Å²) >= 11 is 3.26. The van der Waals surface area contributed by atoms with Crippen molar-refractivity contribution in [2.75, 3.05) is 19.8 Å². The highest BCUT2D eigenvalue weighted by atomic mass is 79.9. The fraction of sp³-hybridized carbons (Fsp3) is 0.385. The van der Waals surface area contributed by atoms with Crippen LogP contribution in [0.3, 0.4) is 0 Å². The average molecular weight is 300 g/mol.